The number of urea groups is 1. The maximum absolute atomic E-state index is 13.6. The summed E-state index contributed by atoms with van der Waals surface area (Å²) in [6.45, 7) is 5.00. The molecule has 3 aliphatic rings. The predicted octanol–water partition coefficient (Wildman–Crippen LogP) is 1.44. The van der Waals surface area contributed by atoms with Gasteiger partial charge >= 0.3 is 6.03 Å². The van der Waals surface area contributed by atoms with Crippen molar-refractivity contribution in [2.75, 3.05) is 19.6 Å². The summed E-state index contributed by atoms with van der Waals surface area (Å²) >= 11 is 0. The number of allylic oxidation sites excluding steroid dienone is 4. The van der Waals surface area contributed by atoms with Crippen LogP contribution in [-0.2, 0) is 4.79 Å². The number of piperidine rings is 1. The third-order valence-electron chi connectivity index (χ3n) is 5.38. The first-order valence-electron chi connectivity index (χ1n) is 8.37. The number of nitrogens with zero attached hydrogens (tertiary/aromatic N) is 1. The Labute approximate surface area is 140 Å². The van der Waals surface area contributed by atoms with Gasteiger partial charge in [-0.15, -0.1) is 0 Å². The van der Waals surface area contributed by atoms with Crippen LogP contribution in [0.25, 0.3) is 0 Å². The third-order valence-corrected chi connectivity index (χ3v) is 5.38. The van der Waals surface area contributed by atoms with Gasteiger partial charge in [-0.3, -0.25) is 4.79 Å². The first kappa shape index (κ1) is 17.1. The number of carbonyl (C=O) groups excluding carboxylic acids is 2. The van der Waals surface area contributed by atoms with Gasteiger partial charge in [-0.05, 0) is 44.5 Å². The van der Waals surface area contributed by atoms with Gasteiger partial charge in [0.25, 0.3) is 0 Å². The zero-order valence-corrected chi connectivity index (χ0v) is 14.1. The lowest BCUT2D eigenvalue weighted by atomic mass is 9.77. The third kappa shape index (κ3) is 2.86. The molecule has 2 heterocycles. The zero-order valence-electron chi connectivity index (χ0n) is 14.1. The number of nitrogens with one attached hydrogen (secondary N) is 2. The van der Waals surface area contributed by atoms with Gasteiger partial charge in [0.05, 0.1) is 11.0 Å². The van der Waals surface area contributed by atoms with Crippen LogP contribution in [0.2, 0.25) is 0 Å². The van der Waals surface area contributed by atoms with E-state index in [4.69, 9.17) is 0 Å². The molecule has 132 valence electrons. The minimum atomic E-state index is -0.968. The summed E-state index contributed by atoms with van der Waals surface area (Å²) in [6.07, 6.45) is 4.18. The van der Waals surface area contributed by atoms with Gasteiger partial charge in [0.1, 0.15) is 5.83 Å². The van der Waals surface area contributed by atoms with Gasteiger partial charge in [-0.25, -0.2) is 14.1 Å². The Morgan fingerprint density at radius 1 is 1.46 bits per heavy atom. The molecule has 7 heteroatoms. The van der Waals surface area contributed by atoms with Crippen LogP contribution in [0, 0.1) is 11.3 Å². The Hall–Kier alpha value is -1.73. The van der Waals surface area contributed by atoms with Crippen molar-refractivity contribution in [3.8, 4) is 0 Å². The number of hydrogen-bond donors (Lipinski definition) is 3. The van der Waals surface area contributed by atoms with Crippen molar-refractivity contribution in [2.24, 2.45) is 11.3 Å². The largest absolute Gasteiger partial charge is 0.388 e. The molecule has 0 saturated carbocycles. The van der Waals surface area contributed by atoms with Gasteiger partial charge in [-0.2, -0.15) is 0 Å². The summed E-state index contributed by atoms with van der Waals surface area (Å²) in [5.74, 6) is -0.976. The summed E-state index contributed by atoms with van der Waals surface area (Å²) in [6, 6.07) is -0.594. The molecular weight excluding hydrogens is 313 g/mol. The standard InChI is InChI=1S/C17H24FN3O3/c1-16(2)12-4-3-11(18)9-13(12)21(14(16)22)15(23)20-10-17(24)5-7-19-8-6-17/h3,9,12,19,24H,4-8,10H2,1-2H3,(H,20,23). The maximum atomic E-state index is 13.6. The molecule has 0 aromatic heterocycles. The minimum Gasteiger partial charge on any atom is -0.388 e. The molecule has 2 aliphatic heterocycles. The average molecular weight is 337 g/mol. The lowest BCUT2D eigenvalue weighted by molar-refractivity contribution is -0.132. The van der Waals surface area contributed by atoms with Gasteiger partial charge in [0.15, 0.2) is 0 Å². The van der Waals surface area contributed by atoms with Crippen LogP contribution in [0.1, 0.15) is 33.1 Å². The van der Waals surface area contributed by atoms with E-state index >= 15 is 0 Å². The Morgan fingerprint density at radius 2 is 2.12 bits per heavy atom. The highest BCUT2D eigenvalue weighted by Gasteiger charge is 2.53. The fourth-order valence-electron chi connectivity index (χ4n) is 3.69. The molecule has 3 rings (SSSR count). The lowest BCUT2D eigenvalue weighted by Gasteiger charge is -2.33. The quantitative estimate of drug-likeness (QED) is 0.712. The summed E-state index contributed by atoms with van der Waals surface area (Å²) < 4.78 is 13.6. The molecule has 1 unspecified atom stereocenters. The molecule has 0 radical (unpaired) electrons. The molecule has 0 aromatic carbocycles. The normalized spacial score (nSPS) is 28.1. The number of imide groups is 1. The minimum absolute atomic E-state index is 0.0774. The van der Waals surface area contributed by atoms with Gasteiger partial charge < -0.3 is 15.7 Å². The van der Waals surface area contributed by atoms with Gasteiger partial charge in [0, 0.05) is 18.2 Å². The number of carbonyl (C=O) groups is 2. The number of fused-ring (bicyclic) bond motifs is 1. The average Bonchev–Trinajstić information content (AvgIpc) is 2.72. The van der Waals surface area contributed by atoms with Crippen LogP contribution in [0.15, 0.2) is 23.7 Å². The van der Waals surface area contributed by atoms with Crippen LogP contribution in [0.3, 0.4) is 0 Å². The second kappa shape index (κ2) is 5.97. The summed E-state index contributed by atoms with van der Waals surface area (Å²) in [4.78, 5) is 26.3. The molecule has 0 spiro atoms. The van der Waals surface area contributed by atoms with Crippen molar-refractivity contribution in [3.05, 3.63) is 23.7 Å². The predicted molar refractivity (Wildman–Crippen MR) is 86.5 cm³/mol. The second-order valence-electron chi connectivity index (χ2n) is 7.44. The lowest BCUT2D eigenvalue weighted by Crippen LogP contribution is -2.52. The van der Waals surface area contributed by atoms with E-state index in [0.29, 0.717) is 38.0 Å². The summed E-state index contributed by atoms with van der Waals surface area (Å²) in [5, 5.41) is 16.3. The van der Waals surface area contributed by atoms with E-state index in [9.17, 15) is 19.1 Å². The van der Waals surface area contributed by atoms with Crippen LogP contribution in [0.5, 0.6) is 0 Å². The smallest absolute Gasteiger partial charge is 0.328 e. The highest BCUT2D eigenvalue weighted by molar-refractivity contribution is 6.02. The van der Waals surface area contributed by atoms with Crippen LogP contribution < -0.4 is 10.6 Å². The van der Waals surface area contributed by atoms with Crippen molar-refractivity contribution in [1.29, 1.82) is 0 Å². The van der Waals surface area contributed by atoms with E-state index in [2.05, 4.69) is 10.6 Å². The Kier molecular flexibility index (Phi) is 4.25. The maximum Gasteiger partial charge on any atom is 0.328 e. The molecule has 2 saturated heterocycles. The number of amides is 3. The van der Waals surface area contributed by atoms with Crippen LogP contribution in [0.4, 0.5) is 9.18 Å². The SMILES string of the molecule is CC1(C)C(=O)N(C(=O)NCC2(O)CCNCC2)C2=CC(F)=CCC21. The van der Waals surface area contributed by atoms with E-state index in [1.807, 2.05) is 0 Å². The number of rotatable bonds is 2. The molecule has 6 nitrogen and oxygen atoms in total. The highest BCUT2D eigenvalue weighted by Crippen LogP contribution is 2.48. The molecule has 3 amide bonds. The first-order chi connectivity index (χ1) is 11.2. The molecular formula is C17H24FN3O3. The van der Waals surface area contributed by atoms with Crippen molar-refractivity contribution in [2.45, 2.75) is 38.7 Å². The topological polar surface area (TPSA) is 81.7 Å². The van der Waals surface area contributed by atoms with Crippen LogP contribution in [-0.4, -0.2) is 47.2 Å². The van der Waals surface area contributed by atoms with E-state index < -0.39 is 22.9 Å². The molecule has 1 atom stereocenters. The molecule has 0 bridgehead atoms. The molecule has 0 aromatic rings. The number of likely N-dealkylation sites (tertiary alicyclic amines) is 1. The number of halogens is 1. The molecule has 3 N–H and O–H groups in total. The zero-order chi connectivity index (χ0) is 17.5. The highest BCUT2D eigenvalue weighted by atomic mass is 19.1. The Bertz CT molecular complexity index is 621. The van der Waals surface area contributed by atoms with E-state index in [0.717, 1.165) is 4.90 Å². The number of hydrogen-bond acceptors (Lipinski definition) is 4. The molecule has 1 aliphatic carbocycles. The van der Waals surface area contributed by atoms with Crippen LogP contribution >= 0.6 is 0 Å². The van der Waals surface area contributed by atoms with Crippen molar-refractivity contribution in [3.63, 3.8) is 0 Å². The fraction of sp³-hybridized carbons (Fsp3) is 0.647. The Balaban J connectivity index is 1.76. The fourth-order valence-corrected chi connectivity index (χ4v) is 3.69. The van der Waals surface area contributed by atoms with E-state index in [1.165, 1.54) is 12.2 Å². The van der Waals surface area contributed by atoms with E-state index in [1.54, 1.807) is 13.8 Å². The van der Waals surface area contributed by atoms with Gasteiger partial charge in [0.2, 0.25) is 5.91 Å². The van der Waals surface area contributed by atoms with Crippen molar-refractivity contribution < 1.29 is 19.1 Å². The molecule has 2 fully saturated rings. The number of aliphatic hydroxyl groups is 1. The Morgan fingerprint density at radius 3 is 2.79 bits per heavy atom. The second-order valence-corrected chi connectivity index (χ2v) is 7.44. The summed E-state index contributed by atoms with van der Waals surface area (Å²) in [5.41, 5.74) is -1.32. The molecule has 24 heavy (non-hydrogen) atoms. The van der Waals surface area contributed by atoms with Crippen molar-refractivity contribution in [1.82, 2.24) is 15.5 Å². The first-order valence-corrected chi connectivity index (χ1v) is 8.37. The summed E-state index contributed by atoms with van der Waals surface area (Å²) in [7, 11) is 0. The monoisotopic (exact) mass is 337 g/mol. The van der Waals surface area contributed by atoms with E-state index in [-0.39, 0.29) is 18.4 Å². The van der Waals surface area contributed by atoms with Gasteiger partial charge in [-0.1, -0.05) is 13.8 Å². The van der Waals surface area contributed by atoms with Crippen molar-refractivity contribution >= 4 is 11.9 Å².